The Labute approximate surface area is 116 Å². The van der Waals surface area contributed by atoms with Gasteiger partial charge in [-0.05, 0) is 53.3 Å². The van der Waals surface area contributed by atoms with E-state index in [1.165, 1.54) is 9.13 Å². The molecule has 3 nitrogen and oxygen atoms in total. The molecule has 4 heteroatoms. The van der Waals surface area contributed by atoms with Gasteiger partial charge in [0.25, 0.3) is 0 Å². The molecule has 1 aliphatic rings. The number of ether oxygens (including phenoxy) is 1. The highest BCUT2D eigenvalue weighted by molar-refractivity contribution is 14.1. The van der Waals surface area contributed by atoms with E-state index in [9.17, 15) is 0 Å². The zero-order chi connectivity index (χ0) is 11.9. The zero-order valence-electron chi connectivity index (χ0n) is 9.92. The molecule has 1 unspecified atom stereocenters. The summed E-state index contributed by atoms with van der Waals surface area (Å²) in [6.07, 6.45) is 1.46. The summed E-state index contributed by atoms with van der Waals surface area (Å²) in [5, 5.41) is 6.80. The van der Waals surface area contributed by atoms with Crippen LogP contribution in [0.1, 0.15) is 12.0 Å². The van der Waals surface area contributed by atoms with Gasteiger partial charge in [0, 0.05) is 23.2 Å². The van der Waals surface area contributed by atoms with Crippen molar-refractivity contribution < 1.29 is 4.74 Å². The first-order chi connectivity index (χ1) is 8.34. The number of halogens is 1. The first-order valence-electron chi connectivity index (χ1n) is 6.12. The van der Waals surface area contributed by atoms with Gasteiger partial charge in [0.1, 0.15) is 0 Å². The van der Waals surface area contributed by atoms with Gasteiger partial charge < -0.3 is 15.4 Å². The predicted octanol–water partition coefficient (Wildman–Crippen LogP) is 1.76. The van der Waals surface area contributed by atoms with Crippen molar-refractivity contribution in [2.24, 2.45) is 0 Å². The molecule has 0 spiro atoms. The third kappa shape index (κ3) is 4.91. The molecular formula is C13H19IN2O. The highest BCUT2D eigenvalue weighted by Gasteiger charge is 2.11. The quantitative estimate of drug-likeness (QED) is 0.630. The SMILES string of the molecule is Ic1ccc(CNCCC2CNCCO2)cc1. The van der Waals surface area contributed by atoms with Crippen molar-refractivity contribution in [1.82, 2.24) is 10.6 Å². The second-order valence-corrected chi connectivity index (χ2v) is 5.53. The van der Waals surface area contributed by atoms with Gasteiger partial charge >= 0.3 is 0 Å². The van der Waals surface area contributed by atoms with Crippen LogP contribution in [0.25, 0.3) is 0 Å². The second kappa shape index (κ2) is 7.31. The number of hydrogen-bond donors (Lipinski definition) is 2. The van der Waals surface area contributed by atoms with Crippen LogP contribution in [-0.4, -0.2) is 32.3 Å². The van der Waals surface area contributed by atoms with Crippen LogP contribution >= 0.6 is 22.6 Å². The van der Waals surface area contributed by atoms with E-state index >= 15 is 0 Å². The highest BCUT2D eigenvalue weighted by Crippen LogP contribution is 2.06. The van der Waals surface area contributed by atoms with Crippen molar-refractivity contribution in [3.63, 3.8) is 0 Å². The largest absolute Gasteiger partial charge is 0.376 e. The van der Waals surface area contributed by atoms with Crippen LogP contribution in [-0.2, 0) is 11.3 Å². The lowest BCUT2D eigenvalue weighted by Crippen LogP contribution is -2.39. The van der Waals surface area contributed by atoms with Gasteiger partial charge in [0.05, 0.1) is 12.7 Å². The van der Waals surface area contributed by atoms with Gasteiger partial charge in [-0.15, -0.1) is 0 Å². The monoisotopic (exact) mass is 346 g/mol. The van der Waals surface area contributed by atoms with Crippen molar-refractivity contribution in [2.45, 2.75) is 19.1 Å². The summed E-state index contributed by atoms with van der Waals surface area (Å²) < 4.78 is 6.93. The molecule has 0 bridgehead atoms. The van der Waals surface area contributed by atoms with Crippen molar-refractivity contribution in [2.75, 3.05) is 26.2 Å². The lowest BCUT2D eigenvalue weighted by atomic mass is 10.2. The van der Waals surface area contributed by atoms with E-state index in [0.717, 1.165) is 39.2 Å². The van der Waals surface area contributed by atoms with Crippen LogP contribution in [0.2, 0.25) is 0 Å². The second-order valence-electron chi connectivity index (χ2n) is 4.29. The maximum atomic E-state index is 5.64. The Bertz CT molecular complexity index is 323. The molecule has 2 rings (SSSR count). The fourth-order valence-electron chi connectivity index (χ4n) is 1.90. The molecule has 94 valence electrons. The lowest BCUT2D eigenvalue weighted by molar-refractivity contribution is 0.0238. The maximum Gasteiger partial charge on any atom is 0.0712 e. The molecule has 0 amide bonds. The summed E-state index contributed by atoms with van der Waals surface area (Å²) >= 11 is 2.33. The number of rotatable bonds is 5. The fraction of sp³-hybridized carbons (Fsp3) is 0.538. The van der Waals surface area contributed by atoms with E-state index in [0.29, 0.717) is 6.10 Å². The van der Waals surface area contributed by atoms with Crippen molar-refractivity contribution in [3.05, 3.63) is 33.4 Å². The molecule has 0 aliphatic carbocycles. The standard InChI is InChI=1S/C13H19IN2O/c14-12-3-1-11(2-4-12)9-15-6-5-13-10-16-7-8-17-13/h1-4,13,15-16H,5-10H2. The third-order valence-electron chi connectivity index (χ3n) is 2.89. The molecule has 1 saturated heterocycles. The average Bonchev–Trinajstić information content (AvgIpc) is 2.38. The van der Waals surface area contributed by atoms with Crippen LogP contribution in [0, 0.1) is 3.57 Å². The number of nitrogens with one attached hydrogen (secondary N) is 2. The predicted molar refractivity (Wildman–Crippen MR) is 78.1 cm³/mol. The topological polar surface area (TPSA) is 33.3 Å². The summed E-state index contributed by atoms with van der Waals surface area (Å²) in [5.74, 6) is 0. The molecule has 0 aromatic heterocycles. The Hall–Kier alpha value is -0.170. The molecule has 1 aromatic rings. The Morgan fingerprint density at radius 1 is 1.35 bits per heavy atom. The fourth-order valence-corrected chi connectivity index (χ4v) is 2.26. The van der Waals surface area contributed by atoms with Crippen molar-refractivity contribution in [1.29, 1.82) is 0 Å². The van der Waals surface area contributed by atoms with Gasteiger partial charge in [-0.1, -0.05) is 12.1 Å². The van der Waals surface area contributed by atoms with Gasteiger partial charge in [0.2, 0.25) is 0 Å². The van der Waals surface area contributed by atoms with Crippen LogP contribution in [0.15, 0.2) is 24.3 Å². The minimum Gasteiger partial charge on any atom is -0.376 e. The average molecular weight is 346 g/mol. The van der Waals surface area contributed by atoms with E-state index in [1.807, 2.05) is 0 Å². The Morgan fingerprint density at radius 2 is 2.18 bits per heavy atom. The molecule has 0 radical (unpaired) electrons. The number of morpholine rings is 1. The summed E-state index contributed by atoms with van der Waals surface area (Å²) in [5.41, 5.74) is 1.34. The third-order valence-corrected chi connectivity index (χ3v) is 3.61. The molecule has 17 heavy (non-hydrogen) atoms. The van der Waals surface area contributed by atoms with Gasteiger partial charge in [-0.2, -0.15) is 0 Å². The smallest absolute Gasteiger partial charge is 0.0712 e. The molecule has 0 saturated carbocycles. The number of hydrogen-bond acceptors (Lipinski definition) is 3. The van der Waals surface area contributed by atoms with E-state index in [2.05, 4.69) is 57.5 Å². The number of benzene rings is 1. The first kappa shape index (κ1) is 13.3. The summed E-state index contributed by atoms with van der Waals surface area (Å²) in [4.78, 5) is 0. The Balaban J connectivity index is 1.60. The van der Waals surface area contributed by atoms with Crippen LogP contribution < -0.4 is 10.6 Å². The van der Waals surface area contributed by atoms with Crippen molar-refractivity contribution >= 4 is 22.6 Å². The molecule has 1 heterocycles. The van der Waals surface area contributed by atoms with E-state index < -0.39 is 0 Å². The molecule has 1 atom stereocenters. The maximum absolute atomic E-state index is 5.64. The first-order valence-corrected chi connectivity index (χ1v) is 7.20. The van der Waals surface area contributed by atoms with Crippen molar-refractivity contribution in [3.8, 4) is 0 Å². The van der Waals surface area contributed by atoms with E-state index in [1.54, 1.807) is 0 Å². The normalized spacial score (nSPS) is 20.4. The summed E-state index contributed by atoms with van der Waals surface area (Å²) in [6, 6.07) is 8.64. The molecule has 1 aliphatic heterocycles. The van der Waals surface area contributed by atoms with Crippen LogP contribution in [0.5, 0.6) is 0 Å². The van der Waals surface area contributed by atoms with Gasteiger partial charge in [0.15, 0.2) is 0 Å². The zero-order valence-corrected chi connectivity index (χ0v) is 12.1. The summed E-state index contributed by atoms with van der Waals surface area (Å²) in [7, 11) is 0. The Kier molecular flexibility index (Phi) is 5.70. The summed E-state index contributed by atoms with van der Waals surface area (Å²) in [6.45, 7) is 4.79. The highest BCUT2D eigenvalue weighted by atomic mass is 127. The minimum absolute atomic E-state index is 0.382. The molecule has 2 N–H and O–H groups in total. The molecule has 1 aromatic carbocycles. The molecular weight excluding hydrogens is 327 g/mol. The van der Waals surface area contributed by atoms with Gasteiger partial charge in [-0.25, -0.2) is 0 Å². The van der Waals surface area contributed by atoms with E-state index in [-0.39, 0.29) is 0 Å². The van der Waals surface area contributed by atoms with E-state index in [4.69, 9.17) is 4.74 Å². The minimum atomic E-state index is 0.382. The van der Waals surface area contributed by atoms with Crippen LogP contribution in [0.4, 0.5) is 0 Å². The molecule has 1 fully saturated rings. The Morgan fingerprint density at radius 3 is 2.88 bits per heavy atom. The van der Waals surface area contributed by atoms with Gasteiger partial charge in [-0.3, -0.25) is 0 Å². The van der Waals surface area contributed by atoms with Crippen LogP contribution in [0.3, 0.4) is 0 Å². The lowest BCUT2D eigenvalue weighted by Gasteiger charge is -2.23.